The minimum atomic E-state index is -0.345. The van der Waals surface area contributed by atoms with Crippen molar-refractivity contribution in [3.05, 3.63) is 101 Å². The molecule has 0 fully saturated rings. The fraction of sp³-hybridized carbons (Fsp3) is 0.269. The number of hydrogen-bond donors (Lipinski definition) is 1. The maximum Gasteiger partial charge on any atom is 0.236 e. The number of para-hydroxylation sites is 1. The van der Waals surface area contributed by atoms with Gasteiger partial charge >= 0.3 is 0 Å². The van der Waals surface area contributed by atoms with Crippen LogP contribution in [0.25, 0.3) is 0 Å². The molecule has 144 valence electrons. The molecule has 1 amide bonds. The molecule has 0 aliphatic carbocycles. The molecule has 0 aliphatic rings. The maximum atomic E-state index is 13.6. The zero-order valence-electron chi connectivity index (χ0n) is 17.1. The second kappa shape index (κ2) is 8.88. The molecule has 0 spiro atoms. The molecule has 0 unspecified atom stereocenters. The van der Waals surface area contributed by atoms with Crippen LogP contribution < -0.4 is 5.32 Å². The number of hydrogen-bond acceptors (Lipinski definition) is 1. The van der Waals surface area contributed by atoms with Gasteiger partial charge < -0.3 is 5.32 Å². The highest BCUT2D eigenvalue weighted by molar-refractivity contribution is 5.99. The zero-order valence-corrected chi connectivity index (χ0v) is 17.1. The van der Waals surface area contributed by atoms with Crippen molar-refractivity contribution in [2.45, 2.75) is 45.4 Å². The topological polar surface area (TPSA) is 29.1 Å². The fourth-order valence-corrected chi connectivity index (χ4v) is 3.68. The lowest BCUT2D eigenvalue weighted by Gasteiger charge is -2.23. The number of anilines is 1. The van der Waals surface area contributed by atoms with E-state index in [9.17, 15) is 4.79 Å². The largest absolute Gasteiger partial charge is 0.325 e. The molecule has 1 N–H and O–H groups in total. The third kappa shape index (κ3) is 4.33. The Kier molecular flexibility index (Phi) is 6.30. The van der Waals surface area contributed by atoms with Gasteiger partial charge in [0.15, 0.2) is 0 Å². The van der Waals surface area contributed by atoms with Crippen molar-refractivity contribution in [1.82, 2.24) is 0 Å². The summed E-state index contributed by atoms with van der Waals surface area (Å²) in [5.74, 6) is 0.330. The van der Waals surface area contributed by atoms with Crippen molar-refractivity contribution >= 4 is 11.6 Å². The van der Waals surface area contributed by atoms with E-state index in [-0.39, 0.29) is 11.8 Å². The predicted octanol–water partition coefficient (Wildman–Crippen LogP) is 6.70. The number of amides is 1. The van der Waals surface area contributed by atoms with Gasteiger partial charge in [0.25, 0.3) is 0 Å². The molecular formula is C26H29NO. The Bertz CT molecular complexity index is 848. The van der Waals surface area contributed by atoms with Gasteiger partial charge in [0, 0.05) is 5.69 Å². The normalized spacial score (nSPS) is 11.2. The van der Waals surface area contributed by atoms with Crippen LogP contribution in [0.1, 0.15) is 67.7 Å². The average molecular weight is 372 g/mol. The summed E-state index contributed by atoms with van der Waals surface area (Å²) in [5.41, 5.74) is 5.33. The molecule has 0 saturated carbocycles. The average Bonchev–Trinajstić information content (AvgIpc) is 2.69. The molecule has 2 heteroatoms. The van der Waals surface area contributed by atoms with Crippen LogP contribution in [0.5, 0.6) is 0 Å². The number of carbonyl (C=O) groups excluding carboxylic acids is 1. The van der Waals surface area contributed by atoms with Gasteiger partial charge in [-0.1, -0.05) is 107 Å². The van der Waals surface area contributed by atoms with Crippen LogP contribution in [0, 0.1) is 0 Å². The lowest BCUT2D eigenvalue weighted by Crippen LogP contribution is -2.24. The highest BCUT2D eigenvalue weighted by atomic mass is 16.1. The third-order valence-electron chi connectivity index (χ3n) is 5.15. The Balaban J connectivity index is 2.05. The second-order valence-electron chi connectivity index (χ2n) is 7.86. The molecule has 0 heterocycles. The van der Waals surface area contributed by atoms with E-state index in [2.05, 4.69) is 51.2 Å². The molecule has 28 heavy (non-hydrogen) atoms. The Morgan fingerprint density at radius 3 is 1.46 bits per heavy atom. The van der Waals surface area contributed by atoms with Crippen molar-refractivity contribution in [2.24, 2.45) is 0 Å². The molecular weight excluding hydrogens is 342 g/mol. The summed E-state index contributed by atoms with van der Waals surface area (Å²) in [4.78, 5) is 13.6. The molecule has 0 aromatic heterocycles. The van der Waals surface area contributed by atoms with Crippen LogP contribution in [-0.2, 0) is 4.79 Å². The number of benzene rings is 3. The number of rotatable bonds is 6. The summed E-state index contributed by atoms with van der Waals surface area (Å²) >= 11 is 0. The SMILES string of the molecule is CC(C)c1cccc(C(C)C)c1NC(=O)C(c1ccccc1)c1ccccc1. The van der Waals surface area contributed by atoms with Crippen molar-refractivity contribution in [1.29, 1.82) is 0 Å². The third-order valence-corrected chi connectivity index (χ3v) is 5.15. The Hall–Kier alpha value is -2.87. The van der Waals surface area contributed by atoms with Crippen molar-refractivity contribution in [3.63, 3.8) is 0 Å². The van der Waals surface area contributed by atoms with E-state index in [1.54, 1.807) is 0 Å². The van der Waals surface area contributed by atoms with Crippen molar-refractivity contribution in [3.8, 4) is 0 Å². The minimum absolute atomic E-state index is 0.00685. The van der Waals surface area contributed by atoms with Crippen LogP contribution in [0.3, 0.4) is 0 Å². The monoisotopic (exact) mass is 371 g/mol. The van der Waals surface area contributed by atoms with Crippen LogP contribution >= 0.6 is 0 Å². The molecule has 0 bridgehead atoms. The lowest BCUT2D eigenvalue weighted by atomic mass is 9.89. The van der Waals surface area contributed by atoms with Gasteiger partial charge in [0.2, 0.25) is 5.91 Å². The molecule has 3 rings (SSSR count). The van der Waals surface area contributed by atoms with Gasteiger partial charge in [-0.15, -0.1) is 0 Å². The molecule has 2 nitrogen and oxygen atoms in total. The quantitative estimate of drug-likeness (QED) is 0.513. The van der Waals surface area contributed by atoms with Crippen LogP contribution in [0.4, 0.5) is 5.69 Å². The molecule has 0 saturated heterocycles. The second-order valence-corrected chi connectivity index (χ2v) is 7.86. The predicted molar refractivity (Wildman–Crippen MR) is 118 cm³/mol. The summed E-state index contributed by atoms with van der Waals surface area (Å²) in [6, 6.07) is 26.3. The first-order chi connectivity index (χ1) is 13.5. The standard InChI is InChI=1S/C26H29NO/c1-18(2)22-16-11-17-23(19(3)4)25(22)27-26(28)24(20-12-7-5-8-13-20)21-14-9-6-10-15-21/h5-19,24H,1-4H3,(H,27,28). The summed E-state index contributed by atoms with van der Waals surface area (Å²) < 4.78 is 0. The van der Waals surface area contributed by atoms with E-state index in [0.29, 0.717) is 11.8 Å². The molecule has 3 aromatic rings. The van der Waals surface area contributed by atoms with Crippen LogP contribution in [0.2, 0.25) is 0 Å². The van der Waals surface area contributed by atoms with Gasteiger partial charge in [-0.3, -0.25) is 4.79 Å². The lowest BCUT2D eigenvalue weighted by molar-refractivity contribution is -0.116. The maximum absolute atomic E-state index is 13.6. The Morgan fingerprint density at radius 2 is 1.07 bits per heavy atom. The molecule has 0 atom stereocenters. The summed E-state index contributed by atoms with van der Waals surface area (Å²) in [5, 5.41) is 3.30. The first-order valence-electron chi connectivity index (χ1n) is 10.0. The van der Waals surface area contributed by atoms with E-state index >= 15 is 0 Å². The highest BCUT2D eigenvalue weighted by Gasteiger charge is 2.25. The Labute approximate surface area is 168 Å². The first kappa shape index (κ1) is 19.9. The minimum Gasteiger partial charge on any atom is -0.325 e. The number of carbonyl (C=O) groups is 1. The van der Waals surface area contributed by atoms with Gasteiger partial charge in [-0.25, -0.2) is 0 Å². The van der Waals surface area contributed by atoms with Crippen molar-refractivity contribution < 1.29 is 4.79 Å². The van der Waals surface area contributed by atoms with E-state index in [4.69, 9.17) is 0 Å². The fourth-order valence-electron chi connectivity index (χ4n) is 3.68. The summed E-state index contributed by atoms with van der Waals surface area (Å²) in [7, 11) is 0. The van der Waals surface area contributed by atoms with Crippen LogP contribution in [0.15, 0.2) is 78.9 Å². The zero-order chi connectivity index (χ0) is 20.1. The molecule has 0 radical (unpaired) electrons. The van der Waals surface area contributed by atoms with Gasteiger partial charge in [-0.2, -0.15) is 0 Å². The van der Waals surface area contributed by atoms with Crippen molar-refractivity contribution in [2.75, 3.05) is 5.32 Å². The first-order valence-corrected chi connectivity index (χ1v) is 10.0. The van der Waals surface area contributed by atoms with E-state index in [0.717, 1.165) is 16.8 Å². The Morgan fingerprint density at radius 1 is 0.643 bits per heavy atom. The van der Waals surface area contributed by atoms with E-state index in [1.807, 2.05) is 60.7 Å². The van der Waals surface area contributed by atoms with Gasteiger partial charge in [0.1, 0.15) is 0 Å². The molecule has 3 aromatic carbocycles. The van der Waals surface area contributed by atoms with Gasteiger partial charge in [0.05, 0.1) is 5.92 Å². The van der Waals surface area contributed by atoms with E-state index < -0.39 is 0 Å². The number of nitrogens with one attached hydrogen (secondary N) is 1. The molecule has 0 aliphatic heterocycles. The summed E-state index contributed by atoms with van der Waals surface area (Å²) in [6.07, 6.45) is 0. The van der Waals surface area contributed by atoms with Crippen LogP contribution in [-0.4, -0.2) is 5.91 Å². The smallest absolute Gasteiger partial charge is 0.236 e. The highest BCUT2D eigenvalue weighted by Crippen LogP contribution is 2.34. The summed E-state index contributed by atoms with van der Waals surface area (Å²) in [6.45, 7) is 8.67. The van der Waals surface area contributed by atoms with E-state index in [1.165, 1.54) is 11.1 Å². The van der Waals surface area contributed by atoms with Gasteiger partial charge in [-0.05, 0) is 34.1 Å².